The number of allylic oxidation sites excluding steroid dienone is 2. The highest BCUT2D eigenvalue weighted by molar-refractivity contribution is 5.69. The Hall–Kier alpha value is -1.89. The lowest BCUT2D eigenvalue weighted by atomic mass is 9.90. The van der Waals surface area contributed by atoms with Gasteiger partial charge in [-0.3, -0.25) is 0 Å². The van der Waals surface area contributed by atoms with E-state index in [0.717, 1.165) is 16.7 Å². The van der Waals surface area contributed by atoms with Crippen molar-refractivity contribution in [2.24, 2.45) is 0 Å². The Bertz CT molecular complexity index is 838. The van der Waals surface area contributed by atoms with Crippen LogP contribution in [0.4, 0.5) is 4.39 Å². The normalized spacial score (nSPS) is 17.1. The summed E-state index contributed by atoms with van der Waals surface area (Å²) in [4.78, 5) is 0. The third-order valence-corrected chi connectivity index (χ3v) is 6.38. The second kappa shape index (κ2) is 9.54. The minimum absolute atomic E-state index is 0.0388. The maximum Gasteiger partial charge on any atom is 0.129 e. The Labute approximate surface area is 170 Å². The molecule has 0 amide bonds. The zero-order chi connectivity index (χ0) is 20.1. The van der Waals surface area contributed by atoms with E-state index in [1.165, 1.54) is 68.1 Å². The molecule has 1 heteroatoms. The molecule has 28 heavy (non-hydrogen) atoms. The SMILES string of the molecule is Cc1ccc(C)c(C2=CCCCC2)c1.Cc1ccc(C)c(C2CCCC2)c1F. The lowest BCUT2D eigenvalue weighted by Gasteiger charge is -2.15. The standard InChI is InChI=1S/C14H18.C13H17F/c1-11-8-9-12(2)14(10-11)13-6-4-3-5-7-13;1-9-7-8-10(2)13(14)12(9)11-5-3-4-6-11/h6,8-10H,3-5,7H2,1-2H3;7-8,11H,3-6H2,1-2H3. The molecule has 0 N–H and O–H groups in total. The van der Waals surface area contributed by atoms with Crippen LogP contribution in [0.25, 0.3) is 5.57 Å². The second-order valence-corrected chi connectivity index (χ2v) is 8.70. The molecule has 2 aliphatic rings. The van der Waals surface area contributed by atoms with Gasteiger partial charge in [-0.25, -0.2) is 4.39 Å². The van der Waals surface area contributed by atoms with Gasteiger partial charge in [-0.1, -0.05) is 54.8 Å². The summed E-state index contributed by atoms with van der Waals surface area (Å²) in [6.45, 7) is 8.26. The van der Waals surface area contributed by atoms with Gasteiger partial charge < -0.3 is 0 Å². The first-order valence-corrected chi connectivity index (χ1v) is 11.0. The monoisotopic (exact) mass is 378 g/mol. The van der Waals surface area contributed by atoms with Crippen LogP contribution in [-0.4, -0.2) is 0 Å². The second-order valence-electron chi connectivity index (χ2n) is 8.70. The van der Waals surface area contributed by atoms with Gasteiger partial charge in [0.2, 0.25) is 0 Å². The summed E-state index contributed by atoms with van der Waals surface area (Å²) in [5, 5.41) is 0. The first-order chi connectivity index (χ1) is 13.5. The fraction of sp³-hybridized carbons (Fsp3) is 0.481. The Morgan fingerprint density at radius 2 is 1.46 bits per heavy atom. The summed E-state index contributed by atoms with van der Waals surface area (Å²) in [5.74, 6) is 0.520. The fourth-order valence-corrected chi connectivity index (χ4v) is 4.68. The van der Waals surface area contributed by atoms with Crippen LogP contribution in [0.1, 0.15) is 90.7 Å². The van der Waals surface area contributed by atoms with Crippen molar-refractivity contribution >= 4 is 5.57 Å². The first-order valence-electron chi connectivity index (χ1n) is 11.0. The molecule has 0 nitrogen and oxygen atoms in total. The lowest BCUT2D eigenvalue weighted by Crippen LogP contribution is -2.01. The largest absolute Gasteiger partial charge is 0.206 e. The van der Waals surface area contributed by atoms with Crippen molar-refractivity contribution in [2.45, 2.75) is 85.0 Å². The van der Waals surface area contributed by atoms with E-state index in [-0.39, 0.29) is 5.82 Å². The summed E-state index contributed by atoms with van der Waals surface area (Å²) >= 11 is 0. The molecule has 4 rings (SSSR count). The zero-order valence-corrected chi connectivity index (χ0v) is 18.1. The molecular weight excluding hydrogens is 343 g/mol. The molecule has 0 heterocycles. The smallest absolute Gasteiger partial charge is 0.129 e. The molecular formula is C27H35F. The van der Waals surface area contributed by atoms with Gasteiger partial charge in [0.1, 0.15) is 5.82 Å². The summed E-state index contributed by atoms with van der Waals surface area (Å²) in [6, 6.07) is 10.7. The highest BCUT2D eigenvalue weighted by atomic mass is 19.1. The van der Waals surface area contributed by atoms with Crippen molar-refractivity contribution < 1.29 is 4.39 Å². The molecule has 2 aliphatic carbocycles. The van der Waals surface area contributed by atoms with Gasteiger partial charge in [-0.05, 0) is 106 Å². The van der Waals surface area contributed by atoms with Crippen molar-refractivity contribution in [1.29, 1.82) is 0 Å². The number of halogens is 1. The van der Waals surface area contributed by atoms with E-state index in [4.69, 9.17) is 0 Å². The molecule has 2 aromatic rings. The summed E-state index contributed by atoms with van der Waals surface area (Å²) in [7, 11) is 0. The van der Waals surface area contributed by atoms with Crippen molar-refractivity contribution in [2.75, 3.05) is 0 Å². The molecule has 0 spiro atoms. The molecule has 0 radical (unpaired) electrons. The van der Waals surface area contributed by atoms with Crippen LogP contribution in [-0.2, 0) is 0 Å². The van der Waals surface area contributed by atoms with Crippen molar-refractivity contribution in [3.63, 3.8) is 0 Å². The van der Waals surface area contributed by atoms with Crippen LogP contribution in [0.5, 0.6) is 0 Å². The van der Waals surface area contributed by atoms with Gasteiger partial charge in [0.25, 0.3) is 0 Å². The summed E-state index contributed by atoms with van der Waals surface area (Å²) in [6.07, 6.45) is 12.5. The van der Waals surface area contributed by atoms with Gasteiger partial charge in [0, 0.05) is 0 Å². The minimum Gasteiger partial charge on any atom is -0.206 e. The average molecular weight is 379 g/mol. The van der Waals surface area contributed by atoms with Gasteiger partial charge in [0.05, 0.1) is 0 Å². The molecule has 0 unspecified atom stereocenters. The Balaban J connectivity index is 0.000000161. The molecule has 1 fully saturated rings. The van der Waals surface area contributed by atoms with Crippen molar-refractivity contribution in [3.8, 4) is 0 Å². The van der Waals surface area contributed by atoms with Crippen LogP contribution in [0.3, 0.4) is 0 Å². The van der Waals surface area contributed by atoms with E-state index < -0.39 is 0 Å². The van der Waals surface area contributed by atoms with Gasteiger partial charge in [-0.2, -0.15) is 0 Å². The van der Waals surface area contributed by atoms with E-state index >= 15 is 0 Å². The average Bonchev–Trinajstić information content (AvgIpc) is 3.22. The predicted octanol–water partition coefficient (Wildman–Crippen LogP) is 8.36. The maximum atomic E-state index is 13.9. The zero-order valence-electron chi connectivity index (χ0n) is 18.1. The highest BCUT2D eigenvalue weighted by Gasteiger charge is 2.22. The van der Waals surface area contributed by atoms with Crippen LogP contribution in [0, 0.1) is 33.5 Å². The highest BCUT2D eigenvalue weighted by Crippen LogP contribution is 2.37. The van der Waals surface area contributed by atoms with Gasteiger partial charge in [-0.15, -0.1) is 0 Å². The lowest BCUT2D eigenvalue weighted by molar-refractivity contribution is 0.570. The van der Waals surface area contributed by atoms with E-state index in [1.807, 2.05) is 26.0 Å². The molecule has 0 saturated heterocycles. The quantitative estimate of drug-likeness (QED) is 0.492. The number of aryl methyl sites for hydroxylation is 4. The number of hydrogen-bond acceptors (Lipinski definition) is 0. The molecule has 2 aromatic carbocycles. The van der Waals surface area contributed by atoms with Gasteiger partial charge in [0.15, 0.2) is 0 Å². The van der Waals surface area contributed by atoms with E-state index in [1.54, 1.807) is 5.57 Å². The van der Waals surface area contributed by atoms with E-state index in [9.17, 15) is 4.39 Å². The Morgan fingerprint density at radius 3 is 2.14 bits per heavy atom. The molecule has 0 atom stereocenters. The number of benzene rings is 2. The van der Waals surface area contributed by atoms with Crippen LogP contribution < -0.4 is 0 Å². The third kappa shape index (κ3) is 4.93. The topological polar surface area (TPSA) is 0 Å². The predicted molar refractivity (Wildman–Crippen MR) is 119 cm³/mol. The fourth-order valence-electron chi connectivity index (χ4n) is 4.68. The molecule has 0 bridgehead atoms. The molecule has 0 aromatic heterocycles. The summed E-state index contributed by atoms with van der Waals surface area (Å²) < 4.78 is 13.9. The Morgan fingerprint density at radius 1 is 0.786 bits per heavy atom. The van der Waals surface area contributed by atoms with Gasteiger partial charge >= 0.3 is 0 Å². The first kappa shape index (κ1) is 20.8. The molecule has 150 valence electrons. The van der Waals surface area contributed by atoms with E-state index in [0.29, 0.717) is 5.92 Å². The molecule has 1 saturated carbocycles. The van der Waals surface area contributed by atoms with Crippen LogP contribution >= 0.6 is 0 Å². The van der Waals surface area contributed by atoms with Crippen LogP contribution in [0.15, 0.2) is 36.4 Å². The van der Waals surface area contributed by atoms with E-state index in [2.05, 4.69) is 38.1 Å². The van der Waals surface area contributed by atoms with Crippen LogP contribution in [0.2, 0.25) is 0 Å². The Kier molecular flexibility index (Phi) is 7.10. The van der Waals surface area contributed by atoms with Crippen molar-refractivity contribution in [3.05, 3.63) is 75.6 Å². The summed E-state index contributed by atoms with van der Waals surface area (Å²) in [5.41, 5.74) is 8.74. The number of rotatable bonds is 2. The number of hydrogen-bond donors (Lipinski definition) is 0. The van der Waals surface area contributed by atoms with Crippen molar-refractivity contribution in [1.82, 2.24) is 0 Å². The minimum atomic E-state index is 0.0388. The molecule has 0 aliphatic heterocycles. The third-order valence-electron chi connectivity index (χ3n) is 6.38. The maximum absolute atomic E-state index is 13.9.